The highest BCUT2D eigenvalue weighted by molar-refractivity contribution is 4.93. The van der Waals surface area contributed by atoms with Crippen LogP contribution >= 0.6 is 0 Å². The Bertz CT molecular complexity index is 171. The van der Waals surface area contributed by atoms with Crippen molar-refractivity contribution in [1.82, 2.24) is 0 Å². The third-order valence-corrected chi connectivity index (χ3v) is 3.38. The highest BCUT2D eigenvalue weighted by atomic mass is 16.6. The third-order valence-electron chi connectivity index (χ3n) is 3.38. The van der Waals surface area contributed by atoms with Crippen molar-refractivity contribution in [2.75, 3.05) is 6.61 Å². The Morgan fingerprint density at radius 2 is 2.17 bits per heavy atom. The van der Waals surface area contributed by atoms with Crippen LogP contribution in [0, 0.1) is 17.8 Å². The van der Waals surface area contributed by atoms with Gasteiger partial charge in [0, 0.05) is 13.0 Å². The molecule has 12 heavy (non-hydrogen) atoms. The van der Waals surface area contributed by atoms with E-state index in [0.29, 0.717) is 24.2 Å². The maximum absolute atomic E-state index is 9.23. The van der Waals surface area contributed by atoms with Crippen molar-refractivity contribution in [3.05, 3.63) is 0 Å². The fourth-order valence-corrected chi connectivity index (χ4v) is 2.70. The zero-order chi connectivity index (χ0) is 8.72. The van der Waals surface area contributed by atoms with Crippen LogP contribution in [0.4, 0.5) is 0 Å². The topological polar surface area (TPSA) is 49.7 Å². The molecule has 2 fully saturated rings. The first kappa shape index (κ1) is 8.48. The van der Waals surface area contributed by atoms with E-state index < -0.39 is 6.29 Å². The molecule has 5 atom stereocenters. The molecule has 1 saturated carbocycles. The minimum atomic E-state index is -0.582. The van der Waals surface area contributed by atoms with Crippen molar-refractivity contribution in [2.24, 2.45) is 17.8 Å². The average Bonchev–Trinajstić information content (AvgIpc) is 2.43. The number of aliphatic hydroxyl groups is 2. The van der Waals surface area contributed by atoms with Crippen molar-refractivity contribution in [1.29, 1.82) is 0 Å². The van der Waals surface area contributed by atoms with Gasteiger partial charge >= 0.3 is 0 Å². The summed E-state index contributed by atoms with van der Waals surface area (Å²) in [6.07, 6.45) is 1.32. The largest absolute Gasteiger partial charge is 0.396 e. The lowest BCUT2D eigenvalue weighted by atomic mass is 9.89. The summed E-state index contributed by atoms with van der Waals surface area (Å²) in [5, 5.41) is 18.4. The summed E-state index contributed by atoms with van der Waals surface area (Å²) in [6, 6.07) is 0. The molecule has 2 aliphatic rings. The zero-order valence-electron chi connectivity index (χ0n) is 7.31. The van der Waals surface area contributed by atoms with E-state index in [0.717, 1.165) is 6.42 Å². The summed E-state index contributed by atoms with van der Waals surface area (Å²) in [5.74, 6) is 1.27. The number of hydrogen-bond donors (Lipinski definition) is 2. The smallest absolute Gasteiger partial charge is 0.155 e. The summed E-state index contributed by atoms with van der Waals surface area (Å²) >= 11 is 0. The molecule has 70 valence electrons. The van der Waals surface area contributed by atoms with E-state index in [-0.39, 0.29) is 12.7 Å². The van der Waals surface area contributed by atoms with Gasteiger partial charge in [-0.2, -0.15) is 0 Å². The van der Waals surface area contributed by atoms with Gasteiger partial charge < -0.3 is 14.9 Å². The monoisotopic (exact) mass is 172 g/mol. The number of hydrogen-bond acceptors (Lipinski definition) is 3. The molecule has 0 bridgehead atoms. The summed E-state index contributed by atoms with van der Waals surface area (Å²) in [6.45, 7) is 2.38. The van der Waals surface area contributed by atoms with Crippen LogP contribution in [-0.2, 0) is 4.74 Å². The first-order chi connectivity index (χ1) is 5.72. The maximum atomic E-state index is 9.23. The van der Waals surface area contributed by atoms with Crippen LogP contribution in [0.5, 0.6) is 0 Å². The lowest BCUT2D eigenvalue weighted by Gasteiger charge is -2.17. The highest BCUT2D eigenvalue weighted by Gasteiger charge is 2.47. The summed E-state index contributed by atoms with van der Waals surface area (Å²) in [4.78, 5) is 0. The summed E-state index contributed by atoms with van der Waals surface area (Å²) in [5.41, 5.74) is 0. The molecule has 3 nitrogen and oxygen atoms in total. The molecule has 2 rings (SSSR count). The molecular weight excluding hydrogens is 156 g/mol. The predicted octanol–water partition coefficient (Wildman–Crippen LogP) is 0.358. The Hall–Kier alpha value is -0.120. The van der Waals surface area contributed by atoms with Crippen molar-refractivity contribution in [3.63, 3.8) is 0 Å². The molecule has 0 aromatic carbocycles. The van der Waals surface area contributed by atoms with Gasteiger partial charge in [-0.3, -0.25) is 0 Å². The molecule has 0 spiro atoms. The second-order valence-corrected chi connectivity index (χ2v) is 4.09. The van der Waals surface area contributed by atoms with Gasteiger partial charge in [0.2, 0.25) is 0 Å². The Morgan fingerprint density at radius 1 is 1.42 bits per heavy atom. The van der Waals surface area contributed by atoms with Crippen molar-refractivity contribution in [2.45, 2.75) is 32.2 Å². The second-order valence-electron chi connectivity index (χ2n) is 4.09. The maximum Gasteiger partial charge on any atom is 0.155 e. The molecule has 2 N–H and O–H groups in total. The molecular formula is C9H16O3. The van der Waals surface area contributed by atoms with Crippen LogP contribution in [0.2, 0.25) is 0 Å². The quantitative estimate of drug-likeness (QED) is 0.600. The van der Waals surface area contributed by atoms with Gasteiger partial charge in [-0.25, -0.2) is 0 Å². The molecule has 0 amide bonds. The van der Waals surface area contributed by atoms with Crippen molar-refractivity contribution in [3.8, 4) is 0 Å². The summed E-state index contributed by atoms with van der Waals surface area (Å²) in [7, 11) is 0. The first-order valence-corrected chi connectivity index (χ1v) is 4.66. The van der Waals surface area contributed by atoms with E-state index in [1.807, 2.05) is 0 Å². The van der Waals surface area contributed by atoms with E-state index in [9.17, 15) is 5.11 Å². The van der Waals surface area contributed by atoms with Crippen molar-refractivity contribution >= 4 is 0 Å². The minimum absolute atomic E-state index is 0.201. The van der Waals surface area contributed by atoms with Crippen LogP contribution in [0.15, 0.2) is 0 Å². The summed E-state index contributed by atoms with van der Waals surface area (Å²) < 4.78 is 5.33. The molecule has 0 aromatic heterocycles. The fourth-order valence-electron chi connectivity index (χ4n) is 2.70. The van der Waals surface area contributed by atoms with Crippen LogP contribution in [-0.4, -0.2) is 29.2 Å². The predicted molar refractivity (Wildman–Crippen MR) is 43.3 cm³/mol. The van der Waals surface area contributed by atoms with Gasteiger partial charge in [0.1, 0.15) is 0 Å². The molecule has 1 aliphatic heterocycles. The molecule has 1 saturated heterocycles. The van der Waals surface area contributed by atoms with Gasteiger partial charge in [-0.1, -0.05) is 6.92 Å². The van der Waals surface area contributed by atoms with Crippen molar-refractivity contribution < 1.29 is 14.9 Å². The van der Waals surface area contributed by atoms with E-state index in [1.165, 1.54) is 0 Å². The molecule has 3 heteroatoms. The number of rotatable bonds is 1. The van der Waals surface area contributed by atoms with Crippen LogP contribution < -0.4 is 0 Å². The zero-order valence-corrected chi connectivity index (χ0v) is 7.31. The molecule has 1 heterocycles. The van der Waals surface area contributed by atoms with Crippen LogP contribution in [0.1, 0.15) is 19.8 Å². The minimum Gasteiger partial charge on any atom is -0.396 e. The van der Waals surface area contributed by atoms with E-state index >= 15 is 0 Å². The first-order valence-electron chi connectivity index (χ1n) is 4.66. The Morgan fingerprint density at radius 3 is 2.83 bits per heavy atom. The average molecular weight is 172 g/mol. The van der Waals surface area contributed by atoms with Gasteiger partial charge in [-0.05, 0) is 24.2 Å². The van der Waals surface area contributed by atoms with Gasteiger partial charge in [0.25, 0.3) is 0 Å². The second kappa shape index (κ2) is 2.98. The van der Waals surface area contributed by atoms with Crippen LogP contribution in [0.3, 0.4) is 0 Å². The van der Waals surface area contributed by atoms with Gasteiger partial charge in [-0.15, -0.1) is 0 Å². The number of aliphatic hydroxyl groups excluding tert-OH is 2. The lowest BCUT2D eigenvalue weighted by molar-refractivity contribution is -0.0922. The standard InChI is InChI=1S/C9H16O3/c1-5-2-8-6(7(5)4-10)3-9(11)12-8/h5-11H,2-4H2,1H3/t5-,6-,7+,8+,9?/m1/s1. The Balaban J connectivity index is 2.06. The normalized spacial score (nSPS) is 52.8. The molecule has 0 aromatic rings. The van der Waals surface area contributed by atoms with E-state index in [2.05, 4.69) is 6.92 Å². The van der Waals surface area contributed by atoms with Gasteiger partial charge in [0.15, 0.2) is 6.29 Å². The number of ether oxygens (including phenoxy) is 1. The third kappa shape index (κ3) is 1.16. The molecule has 0 radical (unpaired) electrons. The lowest BCUT2D eigenvalue weighted by Crippen LogP contribution is -2.19. The molecule has 1 aliphatic carbocycles. The van der Waals surface area contributed by atoms with E-state index in [4.69, 9.17) is 9.84 Å². The van der Waals surface area contributed by atoms with Gasteiger partial charge in [0.05, 0.1) is 6.10 Å². The Kier molecular flexibility index (Phi) is 2.10. The van der Waals surface area contributed by atoms with E-state index in [1.54, 1.807) is 0 Å². The van der Waals surface area contributed by atoms with Crippen LogP contribution in [0.25, 0.3) is 0 Å². The highest BCUT2D eigenvalue weighted by Crippen LogP contribution is 2.45. The SMILES string of the molecule is C[C@@H]1C[C@@H]2OC(O)C[C@@H]2[C@H]1CO. The Labute approximate surface area is 72.3 Å². The number of fused-ring (bicyclic) bond motifs is 1. The molecule has 1 unspecified atom stereocenters. The fraction of sp³-hybridized carbons (Fsp3) is 1.00.